The molecule has 2 aromatic carbocycles. The molecule has 0 bridgehead atoms. The summed E-state index contributed by atoms with van der Waals surface area (Å²) in [5.74, 6) is 0.551. The normalized spacial score (nSPS) is 17.2. The number of benzene rings is 2. The molecule has 3 heterocycles. The van der Waals surface area contributed by atoms with Crippen LogP contribution in [0.2, 0.25) is 0 Å². The van der Waals surface area contributed by atoms with Crippen LogP contribution < -0.4 is 10.5 Å². The molecule has 0 unspecified atom stereocenters. The van der Waals surface area contributed by atoms with Crippen molar-refractivity contribution >= 4 is 22.5 Å². The smallest absolute Gasteiger partial charge is 0.261 e. The Hall–Kier alpha value is -3.22. The number of aryl methyl sites for hydroxylation is 1. The lowest BCUT2D eigenvalue weighted by Crippen LogP contribution is -2.35. The predicted octanol–water partition coefficient (Wildman–Crippen LogP) is 4.00. The highest BCUT2D eigenvalue weighted by Crippen LogP contribution is 2.20. The van der Waals surface area contributed by atoms with Gasteiger partial charge in [-0.05, 0) is 61.7 Å². The molecule has 0 aliphatic carbocycles. The molecule has 0 atom stereocenters. The Morgan fingerprint density at radius 3 is 2.52 bits per heavy atom. The monoisotopic (exact) mass is 448 g/mol. The van der Waals surface area contributed by atoms with Gasteiger partial charge in [0.15, 0.2) is 0 Å². The van der Waals surface area contributed by atoms with Crippen molar-refractivity contribution in [3.8, 4) is 0 Å². The summed E-state index contributed by atoms with van der Waals surface area (Å²) in [6.07, 6.45) is 5.98. The molecular weight excluding hydrogens is 419 g/mol. The van der Waals surface area contributed by atoms with Crippen LogP contribution in [0.1, 0.15) is 48.3 Å². The summed E-state index contributed by atoms with van der Waals surface area (Å²) < 4.78 is 15.1. The average Bonchev–Trinajstić information content (AvgIpc) is 3.06. The van der Waals surface area contributed by atoms with Gasteiger partial charge in [0.25, 0.3) is 11.5 Å². The predicted molar refractivity (Wildman–Crippen MR) is 127 cm³/mol. The zero-order valence-corrected chi connectivity index (χ0v) is 18.8. The van der Waals surface area contributed by atoms with E-state index in [0.717, 1.165) is 63.1 Å². The summed E-state index contributed by atoms with van der Waals surface area (Å²) >= 11 is 0. The van der Waals surface area contributed by atoms with Crippen molar-refractivity contribution in [3.63, 3.8) is 0 Å². The van der Waals surface area contributed by atoms with E-state index in [1.165, 1.54) is 12.1 Å². The fraction of sp³-hybridized carbons (Fsp3) is 0.423. The summed E-state index contributed by atoms with van der Waals surface area (Å²) in [4.78, 5) is 35.2. The second-order valence-corrected chi connectivity index (χ2v) is 8.99. The molecule has 2 aliphatic heterocycles. The lowest BCUT2D eigenvalue weighted by molar-refractivity contribution is 0.0767. The zero-order chi connectivity index (χ0) is 22.8. The number of fused-ring (bicyclic) bond motifs is 2. The molecule has 1 aromatic heterocycles. The van der Waals surface area contributed by atoms with Gasteiger partial charge in [0.05, 0.1) is 10.9 Å². The quantitative estimate of drug-likeness (QED) is 0.595. The van der Waals surface area contributed by atoms with Crippen LogP contribution in [-0.4, -0.2) is 46.5 Å². The Morgan fingerprint density at radius 2 is 1.67 bits per heavy atom. The number of rotatable bonds is 2. The van der Waals surface area contributed by atoms with Crippen LogP contribution in [0.15, 0.2) is 47.3 Å². The van der Waals surface area contributed by atoms with E-state index >= 15 is 0 Å². The average molecular weight is 449 g/mol. The van der Waals surface area contributed by atoms with Gasteiger partial charge in [-0.15, -0.1) is 0 Å². The fourth-order valence-electron chi connectivity index (χ4n) is 4.94. The van der Waals surface area contributed by atoms with Crippen LogP contribution >= 0.6 is 0 Å². The molecule has 0 saturated carbocycles. The SMILES string of the molecule is O=C(c1ccc2c(=O)n3c(nc2c1)CCCCCC3)N1CCCN(c2ccc(F)cc2)CC1. The molecule has 7 heteroatoms. The highest BCUT2D eigenvalue weighted by Gasteiger charge is 2.22. The van der Waals surface area contributed by atoms with Crippen molar-refractivity contribution in [1.82, 2.24) is 14.5 Å². The first-order valence-electron chi connectivity index (χ1n) is 11.9. The summed E-state index contributed by atoms with van der Waals surface area (Å²) in [5, 5.41) is 0.578. The molecule has 1 amide bonds. The molecule has 1 fully saturated rings. The van der Waals surface area contributed by atoms with Crippen LogP contribution in [0, 0.1) is 5.82 Å². The van der Waals surface area contributed by atoms with Crippen LogP contribution in [0.25, 0.3) is 10.9 Å². The minimum Gasteiger partial charge on any atom is -0.370 e. The van der Waals surface area contributed by atoms with E-state index in [-0.39, 0.29) is 17.3 Å². The van der Waals surface area contributed by atoms with Gasteiger partial charge < -0.3 is 9.80 Å². The Kier molecular flexibility index (Phi) is 6.11. The first kappa shape index (κ1) is 21.6. The number of anilines is 1. The van der Waals surface area contributed by atoms with Gasteiger partial charge in [-0.1, -0.05) is 12.8 Å². The van der Waals surface area contributed by atoms with Gasteiger partial charge in [-0.25, -0.2) is 9.37 Å². The van der Waals surface area contributed by atoms with E-state index in [2.05, 4.69) is 4.90 Å². The lowest BCUT2D eigenvalue weighted by atomic mass is 10.1. The van der Waals surface area contributed by atoms with E-state index in [0.29, 0.717) is 36.1 Å². The van der Waals surface area contributed by atoms with E-state index < -0.39 is 0 Å². The molecule has 172 valence electrons. The molecule has 0 radical (unpaired) electrons. The first-order chi connectivity index (χ1) is 16.1. The Morgan fingerprint density at radius 1 is 0.848 bits per heavy atom. The zero-order valence-electron chi connectivity index (χ0n) is 18.8. The third-order valence-electron chi connectivity index (χ3n) is 6.79. The number of halogens is 1. The number of hydrogen-bond acceptors (Lipinski definition) is 4. The number of carbonyl (C=O) groups excluding carboxylic acids is 1. The van der Waals surface area contributed by atoms with Gasteiger partial charge >= 0.3 is 0 Å². The van der Waals surface area contributed by atoms with Crippen molar-refractivity contribution in [2.45, 2.75) is 45.1 Å². The fourth-order valence-corrected chi connectivity index (χ4v) is 4.94. The van der Waals surface area contributed by atoms with Crippen molar-refractivity contribution < 1.29 is 9.18 Å². The molecule has 5 rings (SSSR count). The number of carbonyl (C=O) groups is 1. The number of nitrogens with zero attached hydrogens (tertiary/aromatic N) is 4. The van der Waals surface area contributed by atoms with E-state index in [1.807, 2.05) is 9.47 Å². The number of aromatic nitrogens is 2. The Labute approximate surface area is 192 Å². The Balaban J connectivity index is 1.37. The van der Waals surface area contributed by atoms with Crippen molar-refractivity contribution in [3.05, 3.63) is 70.0 Å². The van der Waals surface area contributed by atoms with Crippen LogP contribution in [0.4, 0.5) is 10.1 Å². The summed E-state index contributed by atoms with van der Waals surface area (Å²) in [6.45, 7) is 3.48. The van der Waals surface area contributed by atoms with Gasteiger partial charge in [0.1, 0.15) is 11.6 Å². The molecular formula is C26H29FN4O2. The maximum Gasteiger partial charge on any atom is 0.261 e. The Bertz CT molecular complexity index is 1220. The minimum atomic E-state index is -0.248. The van der Waals surface area contributed by atoms with Gasteiger partial charge in [0.2, 0.25) is 0 Å². The van der Waals surface area contributed by atoms with Gasteiger partial charge in [-0.2, -0.15) is 0 Å². The van der Waals surface area contributed by atoms with Crippen LogP contribution in [0.5, 0.6) is 0 Å². The van der Waals surface area contributed by atoms with E-state index in [9.17, 15) is 14.0 Å². The van der Waals surface area contributed by atoms with Gasteiger partial charge in [0, 0.05) is 50.4 Å². The number of hydrogen-bond donors (Lipinski definition) is 0. The molecule has 0 spiro atoms. The summed E-state index contributed by atoms with van der Waals surface area (Å²) in [7, 11) is 0. The van der Waals surface area contributed by atoms with Crippen LogP contribution in [-0.2, 0) is 13.0 Å². The largest absolute Gasteiger partial charge is 0.370 e. The van der Waals surface area contributed by atoms with Crippen molar-refractivity contribution in [2.75, 3.05) is 31.1 Å². The maximum atomic E-state index is 13.3. The number of amides is 1. The topological polar surface area (TPSA) is 58.4 Å². The molecule has 1 saturated heterocycles. The molecule has 6 nitrogen and oxygen atoms in total. The standard InChI is InChI=1S/C26H29FN4O2/c27-20-8-10-21(11-9-20)29-13-5-14-30(17-16-29)25(32)19-7-12-22-23(18-19)28-24-6-3-1-2-4-15-31(24)26(22)33/h7-12,18H,1-6,13-17H2. The minimum absolute atomic E-state index is 0.000566. The molecule has 3 aromatic rings. The second-order valence-electron chi connectivity index (χ2n) is 8.99. The van der Waals surface area contributed by atoms with Crippen LogP contribution in [0.3, 0.4) is 0 Å². The first-order valence-corrected chi connectivity index (χ1v) is 11.9. The van der Waals surface area contributed by atoms with Crippen molar-refractivity contribution in [1.29, 1.82) is 0 Å². The third-order valence-corrected chi connectivity index (χ3v) is 6.79. The third kappa shape index (κ3) is 4.49. The van der Waals surface area contributed by atoms with Gasteiger partial charge in [-0.3, -0.25) is 14.2 Å². The lowest BCUT2D eigenvalue weighted by Gasteiger charge is -2.24. The summed E-state index contributed by atoms with van der Waals surface area (Å²) in [5.41, 5.74) is 2.15. The van der Waals surface area contributed by atoms with E-state index in [4.69, 9.17) is 4.98 Å². The highest BCUT2D eigenvalue weighted by atomic mass is 19.1. The highest BCUT2D eigenvalue weighted by molar-refractivity contribution is 5.97. The van der Waals surface area contributed by atoms with E-state index in [1.54, 1.807) is 30.3 Å². The molecule has 2 aliphatic rings. The second kappa shape index (κ2) is 9.33. The molecule has 33 heavy (non-hydrogen) atoms. The summed E-state index contributed by atoms with van der Waals surface area (Å²) in [6, 6.07) is 11.8. The maximum absolute atomic E-state index is 13.3. The van der Waals surface area contributed by atoms with Crippen molar-refractivity contribution in [2.24, 2.45) is 0 Å². The molecule has 0 N–H and O–H groups in total.